The zero-order chi connectivity index (χ0) is 13.7. The number of piperidine rings is 1. The average molecular weight is 263 g/mol. The molecule has 0 unspecified atom stereocenters. The number of phenols is 1. The molecule has 0 saturated carbocycles. The highest BCUT2D eigenvalue weighted by Gasteiger charge is 2.16. The Morgan fingerprint density at radius 1 is 1.32 bits per heavy atom. The van der Waals surface area contributed by atoms with Gasteiger partial charge in [0.1, 0.15) is 6.29 Å². The van der Waals surface area contributed by atoms with E-state index in [0.717, 1.165) is 24.9 Å². The summed E-state index contributed by atoms with van der Waals surface area (Å²) < 4.78 is 5.38. The molecule has 0 atom stereocenters. The molecule has 0 radical (unpaired) electrons. The van der Waals surface area contributed by atoms with Crippen molar-refractivity contribution < 1.29 is 14.6 Å². The number of hydrogen-bond acceptors (Lipinski definition) is 4. The SMILES string of the molecule is CCOc1cc(C=O)cc(CN2CCCCC2)c1O. The number of phenolic OH excluding ortho intramolecular Hbond substituents is 1. The average Bonchev–Trinajstić information content (AvgIpc) is 2.44. The number of benzene rings is 1. The fourth-order valence-corrected chi connectivity index (χ4v) is 2.50. The molecule has 1 N–H and O–H groups in total. The maximum Gasteiger partial charge on any atom is 0.162 e. The van der Waals surface area contributed by atoms with E-state index in [1.165, 1.54) is 19.3 Å². The van der Waals surface area contributed by atoms with Crippen LogP contribution in [-0.4, -0.2) is 36.0 Å². The fourth-order valence-electron chi connectivity index (χ4n) is 2.50. The van der Waals surface area contributed by atoms with Crippen molar-refractivity contribution >= 4 is 6.29 Å². The smallest absolute Gasteiger partial charge is 0.162 e. The Balaban J connectivity index is 2.21. The number of carbonyl (C=O) groups is 1. The van der Waals surface area contributed by atoms with Crippen molar-refractivity contribution in [2.45, 2.75) is 32.7 Å². The van der Waals surface area contributed by atoms with E-state index in [4.69, 9.17) is 4.74 Å². The third kappa shape index (κ3) is 3.47. The minimum atomic E-state index is 0.165. The molecule has 0 bridgehead atoms. The van der Waals surface area contributed by atoms with Gasteiger partial charge in [0.25, 0.3) is 0 Å². The van der Waals surface area contributed by atoms with Crippen molar-refractivity contribution in [3.8, 4) is 11.5 Å². The van der Waals surface area contributed by atoms with Gasteiger partial charge in [-0.05, 0) is 45.0 Å². The zero-order valence-electron chi connectivity index (χ0n) is 11.4. The fraction of sp³-hybridized carbons (Fsp3) is 0.533. The van der Waals surface area contributed by atoms with E-state index < -0.39 is 0 Å². The first-order valence-electron chi connectivity index (χ1n) is 6.90. The van der Waals surface area contributed by atoms with Crippen molar-refractivity contribution in [2.75, 3.05) is 19.7 Å². The molecule has 0 aliphatic carbocycles. The minimum Gasteiger partial charge on any atom is -0.504 e. The van der Waals surface area contributed by atoms with Crippen LogP contribution in [-0.2, 0) is 6.54 Å². The lowest BCUT2D eigenvalue weighted by Crippen LogP contribution is -2.29. The summed E-state index contributed by atoms with van der Waals surface area (Å²) >= 11 is 0. The predicted molar refractivity (Wildman–Crippen MR) is 73.8 cm³/mol. The van der Waals surface area contributed by atoms with Gasteiger partial charge < -0.3 is 9.84 Å². The molecule has 104 valence electrons. The van der Waals surface area contributed by atoms with Crippen molar-refractivity contribution in [2.24, 2.45) is 0 Å². The summed E-state index contributed by atoms with van der Waals surface area (Å²) in [6.45, 7) is 5.10. The van der Waals surface area contributed by atoms with Gasteiger partial charge in [0.2, 0.25) is 0 Å². The number of aldehydes is 1. The first-order chi connectivity index (χ1) is 9.24. The molecule has 0 amide bonds. The lowest BCUT2D eigenvalue weighted by molar-refractivity contribution is 0.112. The van der Waals surface area contributed by atoms with E-state index in [2.05, 4.69) is 4.90 Å². The van der Waals surface area contributed by atoms with Crippen molar-refractivity contribution in [3.05, 3.63) is 23.3 Å². The van der Waals surface area contributed by atoms with E-state index in [0.29, 0.717) is 24.5 Å². The number of hydrogen-bond donors (Lipinski definition) is 1. The van der Waals surface area contributed by atoms with Crippen LogP contribution in [0.1, 0.15) is 42.1 Å². The number of nitrogens with zero attached hydrogens (tertiary/aromatic N) is 1. The molecule has 4 nitrogen and oxygen atoms in total. The van der Waals surface area contributed by atoms with E-state index in [1.54, 1.807) is 12.1 Å². The summed E-state index contributed by atoms with van der Waals surface area (Å²) in [5, 5.41) is 10.2. The Morgan fingerprint density at radius 3 is 2.68 bits per heavy atom. The lowest BCUT2D eigenvalue weighted by Gasteiger charge is -2.27. The second-order valence-corrected chi connectivity index (χ2v) is 4.91. The van der Waals surface area contributed by atoms with Crippen LogP contribution in [0.2, 0.25) is 0 Å². The maximum atomic E-state index is 11.0. The number of aromatic hydroxyl groups is 1. The normalized spacial score (nSPS) is 16.3. The van der Waals surface area contributed by atoms with Gasteiger partial charge in [-0.2, -0.15) is 0 Å². The molecule has 1 aromatic carbocycles. The second-order valence-electron chi connectivity index (χ2n) is 4.91. The van der Waals surface area contributed by atoms with Gasteiger partial charge in [-0.15, -0.1) is 0 Å². The van der Waals surface area contributed by atoms with Crippen LogP contribution in [0.5, 0.6) is 11.5 Å². The summed E-state index contributed by atoms with van der Waals surface area (Å²) in [7, 11) is 0. The molecule has 1 heterocycles. The van der Waals surface area contributed by atoms with Crippen LogP contribution in [0.4, 0.5) is 0 Å². The van der Waals surface area contributed by atoms with Gasteiger partial charge in [-0.25, -0.2) is 0 Å². The highest BCUT2D eigenvalue weighted by atomic mass is 16.5. The Labute approximate surface area is 114 Å². The van der Waals surface area contributed by atoms with Gasteiger partial charge in [0.05, 0.1) is 6.61 Å². The van der Waals surface area contributed by atoms with Crippen LogP contribution in [0, 0.1) is 0 Å². The second kappa shape index (κ2) is 6.57. The van der Waals surface area contributed by atoms with E-state index in [9.17, 15) is 9.90 Å². The topological polar surface area (TPSA) is 49.8 Å². The molecule has 1 aromatic rings. The van der Waals surface area contributed by atoms with Crippen LogP contribution in [0.3, 0.4) is 0 Å². The highest BCUT2D eigenvalue weighted by molar-refractivity contribution is 5.77. The van der Waals surface area contributed by atoms with Crippen LogP contribution in [0.15, 0.2) is 12.1 Å². The largest absolute Gasteiger partial charge is 0.504 e. The predicted octanol–water partition coefficient (Wildman–Crippen LogP) is 2.59. The van der Waals surface area contributed by atoms with E-state index >= 15 is 0 Å². The number of rotatable bonds is 5. The third-order valence-corrected chi connectivity index (χ3v) is 3.45. The lowest BCUT2D eigenvalue weighted by atomic mass is 10.1. The molecule has 0 spiro atoms. The van der Waals surface area contributed by atoms with Gasteiger partial charge in [-0.3, -0.25) is 9.69 Å². The summed E-state index contributed by atoms with van der Waals surface area (Å²) in [4.78, 5) is 13.3. The molecule has 1 fully saturated rings. The van der Waals surface area contributed by atoms with Gasteiger partial charge >= 0.3 is 0 Å². The maximum absolute atomic E-state index is 11.0. The Hall–Kier alpha value is -1.55. The molecule has 1 aliphatic rings. The highest BCUT2D eigenvalue weighted by Crippen LogP contribution is 2.32. The summed E-state index contributed by atoms with van der Waals surface area (Å²) in [5.74, 6) is 0.567. The number of ether oxygens (including phenoxy) is 1. The standard InChI is InChI=1S/C15H21NO3/c1-2-19-14-9-12(11-17)8-13(15(14)18)10-16-6-4-3-5-7-16/h8-9,11,18H,2-7,10H2,1H3. The van der Waals surface area contributed by atoms with Crippen molar-refractivity contribution in [3.63, 3.8) is 0 Å². The van der Waals surface area contributed by atoms with Gasteiger partial charge in [-0.1, -0.05) is 6.42 Å². The first-order valence-corrected chi connectivity index (χ1v) is 6.90. The molecule has 4 heteroatoms. The third-order valence-electron chi connectivity index (χ3n) is 3.45. The van der Waals surface area contributed by atoms with Crippen molar-refractivity contribution in [1.29, 1.82) is 0 Å². The monoisotopic (exact) mass is 263 g/mol. The molecule has 0 aromatic heterocycles. The first kappa shape index (κ1) is 13.9. The Morgan fingerprint density at radius 2 is 2.05 bits per heavy atom. The summed E-state index contributed by atoms with van der Waals surface area (Å²) in [6.07, 6.45) is 4.47. The minimum absolute atomic E-state index is 0.165. The van der Waals surface area contributed by atoms with Gasteiger partial charge in [0, 0.05) is 17.7 Å². The summed E-state index contributed by atoms with van der Waals surface area (Å²) in [5.41, 5.74) is 1.32. The van der Waals surface area contributed by atoms with Crippen LogP contribution >= 0.6 is 0 Å². The van der Waals surface area contributed by atoms with Gasteiger partial charge in [0.15, 0.2) is 11.5 Å². The Bertz CT molecular complexity index is 439. The van der Waals surface area contributed by atoms with Crippen LogP contribution < -0.4 is 4.74 Å². The molecule has 2 rings (SSSR count). The van der Waals surface area contributed by atoms with Crippen molar-refractivity contribution in [1.82, 2.24) is 4.90 Å². The molecular formula is C15H21NO3. The summed E-state index contributed by atoms with van der Waals surface area (Å²) in [6, 6.07) is 3.34. The quantitative estimate of drug-likeness (QED) is 0.830. The van der Waals surface area contributed by atoms with E-state index in [1.807, 2.05) is 6.92 Å². The molecule has 19 heavy (non-hydrogen) atoms. The molecule has 1 saturated heterocycles. The zero-order valence-corrected chi connectivity index (χ0v) is 11.4. The number of carbonyl (C=O) groups excluding carboxylic acids is 1. The molecular weight excluding hydrogens is 242 g/mol. The van der Waals surface area contributed by atoms with Crippen LogP contribution in [0.25, 0.3) is 0 Å². The van der Waals surface area contributed by atoms with E-state index in [-0.39, 0.29) is 5.75 Å². The molecule has 1 aliphatic heterocycles. The Kier molecular flexibility index (Phi) is 4.80. The number of likely N-dealkylation sites (tertiary alicyclic amines) is 1.